The zero-order valence-corrected chi connectivity index (χ0v) is 19.6. The quantitative estimate of drug-likeness (QED) is 0.589. The zero-order chi connectivity index (χ0) is 21.9. The van der Waals surface area contributed by atoms with E-state index in [-0.39, 0.29) is 11.4 Å². The van der Waals surface area contributed by atoms with Crippen LogP contribution in [0.3, 0.4) is 0 Å². The molecule has 1 spiro atoms. The fourth-order valence-corrected chi connectivity index (χ4v) is 5.27. The molecule has 4 rings (SSSR count). The van der Waals surface area contributed by atoms with Crippen LogP contribution in [0.5, 0.6) is 11.5 Å². The Balaban J connectivity index is 1.28. The number of ether oxygens (including phenoxy) is 3. The Kier molecular flexibility index (Phi) is 6.80. The SMILES string of the molecule is CC(C)(C)OC(=O)CCN1CCC2(CC1)COc1cc(OCC3CCCCC3)ccc12. The van der Waals surface area contributed by atoms with E-state index in [1.165, 1.54) is 37.7 Å². The summed E-state index contributed by atoms with van der Waals surface area (Å²) in [4.78, 5) is 14.4. The van der Waals surface area contributed by atoms with Gasteiger partial charge in [-0.2, -0.15) is 0 Å². The van der Waals surface area contributed by atoms with Crippen LogP contribution in [0.25, 0.3) is 0 Å². The lowest BCUT2D eigenvalue weighted by Gasteiger charge is -2.38. The van der Waals surface area contributed by atoms with Crippen molar-refractivity contribution in [2.45, 2.75) is 83.2 Å². The topological polar surface area (TPSA) is 48.0 Å². The summed E-state index contributed by atoms with van der Waals surface area (Å²) in [5, 5.41) is 0. The number of benzene rings is 1. The van der Waals surface area contributed by atoms with Crippen LogP contribution in [0.4, 0.5) is 0 Å². The minimum absolute atomic E-state index is 0.108. The number of carbonyl (C=O) groups is 1. The normalized spacial score (nSPS) is 21.5. The number of piperidine rings is 1. The smallest absolute Gasteiger partial charge is 0.307 e. The van der Waals surface area contributed by atoms with Crippen molar-refractivity contribution in [2.24, 2.45) is 5.92 Å². The molecule has 2 aliphatic heterocycles. The van der Waals surface area contributed by atoms with Gasteiger partial charge in [-0.1, -0.05) is 25.3 Å². The number of esters is 1. The molecule has 1 aliphatic carbocycles. The van der Waals surface area contributed by atoms with E-state index in [4.69, 9.17) is 14.2 Å². The maximum absolute atomic E-state index is 12.0. The second-order valence-electron chi connectivity index (χ2n) is 10.7. The molecule has 172 valence electrons. The van der Waals surface area contributed by atoms with Crippen LogP contribution in [0.2, 0.25) is 0 Å². The summed E-state index contributed by atoms with van der Waals surface area (Å²) in [6.07, 6.45) is 9.26. The molecule has 1 aromatic carbocycles. The third kappa shape index (κ3) is 5.74. The molecule has 5 heteroatoms. The molecule has 31 heavy (non-hydrogen) atoms. The van der Waals surface area contributed by atoms with E-state index in [1.807, 2.05) is 20.8 Å². The first-order chi connectivity index (χ1) is 14.8. The van der Waals surface area contributed by atoms with Gasteiger partial charge in [-0.15, -0.1) is 0 Å². The van der Waals surface area contributed by atoms with Gasteiger partial charge in [-0.25, -0.2) is 0 Å². The summed E-state index contributed by atoms with van der Waals surface area (Å²) in [6, 6.07) is 6.46. The molecule has 0 atom stereocenters. The highest BCUT2D eigenvalue weighted by atomic mass is 16.6. The third-order valence-corrected chi connectivity index (χ3v) is 7.10. The van der Waals surface area contributed by atoms with Gasteiger partial charge in [0.2, 0.25) is 0 Å². The number of carbonyl (C=O) groups excluding carboxylic acids is 1. The molecule has 3 aliphatic rings. The minimum atomic E-state index is -0.410. The standard InChI is InChI=1S/C26H39NO4/c1-25(2,3)31-24(28)11-14-27-15-12-26(13-16-27)19-30-23-17-21(9-10-22(23)26)29-18-20-7-5-4-6-8-20/h9-10,17,20H,4-8,11-16,18-19H2,1-3H3. The molecule has 1 saturated carbocycles. The fraction of sp³-hybridized carbons (Fsp3) is 0.731. The van der Waals surface area contributed by atoms with Gasteiger partial charge >= 0.3 is 5.97 Å². The van der Waals surface area contributed by atoms with Gasteiger partial charge < -0.3 is 19.1 Å². The highest BCUT2D eigenvalue weighted by Crippen LogP contribution is 2.46. The maximum Gasteiger partial charge on any atom is 0.307 e. The van der Waals surface area contributed by atoms with Crippen LogP contribution < -0.4 is 9.47 Å². The molecular formula is C26H39NO4. The van der Waals surface area contributed by atoms with Crippen LogP contribution in [0.1, 0.15) is 77.7 Å². The predicted molar refractivity (Wildman–Crippen MR) is 122 cm³/mol. The van der Waals surface area contributed by atoms with E-state index in [1.54, 1.807) is 0 Å². The van der Waals surface area contributed by atoms with Crippen molar-refractivity contribution in [1.29, 1.82) is 0 Å². The molecule has 0 aromatic heterocycles. The zero-order valence-electron chi connectivity index (χ0n) is 19.6. The molecule has 0 N–H and O–H groups in total. The second kappa shape index (κ2) is 9.40. The third-order valence-electron chi connectivity index (χ3n) is 7.10. The number of likely N-dealkylation sites (tertiary alicyclic amines) is 1. The van der Waals surface area contributed by atoms with Gasteiger partial charge in [0.15, 0.2) is 0 Å². The summed E-state index contributed by atoms with van der Waals surface area (Å²) in [5.41, 5.74) is 1.04. The number of nitrogens with zero attached hydrogens (tertiary/aromatic N) is 1. The van der Waals surface area contributed by atoms with Crippen LogP contribution in [0, 0.1) is 5.92 Å². The Bertz CT molecular complexity index is 755. The first-order valence-electron chi connectivity index (χ1n) is 12.2. The second-order valence-corrected chi connectivity index (χ2v) is 10.7. The van der Waals surface area contributed by atoms with Crippen LogP contribution >= 0.6 is 0 Å². The van der Waals surface area contributed by atoms with E-state index in [0.717, 1.165) is 57.2 Å². The number of hydrogen-bond acceptors (Lipinski definition) is 5. The van der Waals surface area contributed by atoms with E-state index < -0.39 is 5.60 Å². The Hall–Kier alpha value is -1.75. The van der Waals surface area contributed by atoms with E-state index in [2.05, 4.69) is 23.1 Å². The maximum atomic E-state index is 12.0. The Morgan fingerprint density at radius 1 is 1.16 bits per heavy atom. The van der Waals surface area contributed by atoms with Crippen molar-refractivity contribution in [3.05, 3.63) is 23.8 Å². The molecule has 5 nitrogen and oxygen atoms in total. The van der Waals surface area contributed by atoms with Gasteiger partial charge in [0.25, 0.3) is 0 Å². The Labute approximate surface area is 187 Å². The van der Waals surface area contributed by atoms with Gasteiger partial charge in [-0.3, -0.25) is 4.79 Å². The molecule has 2 heterocycles. The average Bonchev–Trinajstić information content (AvgIpc) is 3.09. The lowest BCUT2D eigenvalue weighted by molar-refractivity contribution is -0.155. The summed E-state index contributed by atoms with van der Waals surface area (Å²) >= 11 is 0. The Morgan fingerprint density at radius 3 is 2.61 bits per heavy atom. The minimum Gasteiger partial charge on any atom is -0.493 e. The summed E-state index contributed by atoms with van der Waals surface area (Å²) in [6.45, 7) is 10.1. The predicted octanol–water partition coefficient (Wildman–Crippen LogP) is 5.10. The van der Waals surface area contributed by atoms with Gasteiger partial charge in [0.1, 0.15) is 17.1 Å². The van der Waals surface area contributed by atoms with E-state index in [0.29, 0.717) is 12.3 Å². The summed E-state index contributed by atoms with van der Waals surface area (Å²) < 4.78 is 17.7. The molecule has 2 fully saturated rings. The fourth-order valence-electron chi connectivity index (χ4n) is 5.27. The average molecular weight is 430 g/mol. The van der Waals surface area contributed by atoms with Crippen molar-refractivity contribution in [1.82, 2.24) is 4.90 Å². The number of fused-ring (bicyclic) bond motifs is 2. The molecule has 0 bridgehead atoms. The van der Waals surface area contributed by atoms with E-state index in [9.17, 15) is 4.79 Å². The lowest BCUT2D eigenvalue weighted by Crippen LogP contribution is -2.44. The largest absolute Gasteiger partial charge is 0.493 e. The van der Waals surface area contributed by atoms with Gasteiger partial charge in [0.05, 0.1) is 19.6 Å². The molecule has 0 radical (unpaired) electrons. The van der Waals surface area contributed by atoms with Crippen molar-refractivity contribution in [3.8, 4) is 11.5 Å². The Morgan fingerprint density at radius 2 is 1.90 bits per heavy atom. The van der Waals surface area contributed by atoms with E-state index >= 15 is 0 Å². The van der Waals surface area contributed by atoms with Crippen LogP contribution in [-0.2, 0) is 14.9 Å². The molecule has 1 saturated heterocycles. The molecule has 0 unspecified atom stereocenters. The summed E-state index contributed by atoms with van der Waals surface area (Å²) in [7, 11) is 0. The van der Waals surface area contributed by atoms with Crippen molar-refractivity contribution in [2.75, 3.05) is 32.8 Å². The first kappa shape index (κ1) is 22.4. The van der Waals surface area contributed by atoms with Crippen molar-refractivity contribution >= 4 is 5.97 Å². The number of rotatable bonds is 6. The molecule has 1 aromatic rings. The van der Waals surface area contributed by atoms with Crippen molar-refractivity contribution < 1.29 is 19.0 Å². The lowest BCUT2D eigenvalue weighted by atomic mass is 9.74. The molecular weight excluding hydrogens is 390 g/mol. The number of hydrogen-bond donors (Lipinski definition) is 0. The molecule has 0 amide bonds. The van der Waals surface area contributed by atoms with Crippen LogP contribution in [0.15, 0.2) is 18.2 Å². The van der Waals surface area contributed by atoms with Gasteiger partial charge in [-0.05, 0) is 71.5 Å². The highest BCUT2D eigenvalue weighted by Gasteiger charge is 2.43. The highest BCUT2D eigenvalue weighted by molar-refractivity contribution is 5.70. The van der Waals surface area contributed by atoms with Crippen molar-refractivity contribution in [3.63, 3.8) is 0 Å². The summed E-state index contributed by atoms with van der Waals surface area (Å²) in [5.74, 6) is 2.54. The first-order valence-corrected chi connectivity index (χ1v) is 12.2. The monoisotopic (exact) mass is 429 g/mol. The van der Waals surface area contributed by atoms with Crippen LogP contribution in [-0.4, -0.2) is 49.3 Å². The van der Waals surface area contributed by atoms with Gasteiger partial charge in [0, 0.05) is 23.6 Å².